The third-order valence-corrected chi connectivity index (χ3v) is 2.25. The maximum Gasteiger partial charge on any atom is 0.316 e. The van der Waals surface area contributed by atoms with Crippen LogP contribution >= 0.6 is 0 Å². The zero-order chi connectivity index (χ0) is 12.7. The van der Waals surface area contributed by atoms with E-state index in [0.717, 1.165) is 0 Å². The average Bonchev–Trinajstić information content (AvgIpc) is 2.23. The molecule has 0 aliphatic rings. The fourth-order valence-electron chi connectivity index (χ4n) is 1.32. The van der Waals surface area contributed by atoms with Crippen LogP contribution in [0.4, 0.5) is 0 Å². The van der Waals surface area contributed by atoms with E-state index in [1.807, 2.05) is 0 Å². The Morgan fingerprint density at radius 1 is 1.19 bits per heavy atom. The number of hydrogen-bond donors (Lipinski definition) is 0. The van der Waals surface area contributed by atoms with Crippen LogP contribution in [0.5, 0.6) is 0 Å². The molecule has 0 aliphatic heterocycles. The Labute approximate surface area is 95.1 Å². The molecule has 0 saturated carbocycles. The van der Waals surface area contributed by atoms with Gasteiger partial charge in [-0.2, -0.15) is 0 Å². The van der Waals surface area contributed by atoms with Gasteiger partial charge in [0, 0.05) is 0 Å². The molecule has 0 heterocycles. The number of ether oxygens (including phenoxy) is 2. The molecule has 2 atom stereocenters. The summed E-state index contributed by atoms with van der Waals surface area (Å²) < 4.78 is 9.30. The van der Waals surface area contributed by atoms with E-state index in [-0.39, 0.29) is 18.8 Å². The maximum atomic E-state index is 11.4. The smallest absolute Gasteiger partial charge is 0.316 e. The van der Waals surface area contributed by atoms with Crippen LogP contribution in [-0.4, -0.2) is 31.4 Å². The van der Waals surface area contributed by atoms with E-state index >= 15 is 0 Å². The molecule has 0 aromatic rings. The Hall–Kier alpha value is -1.39. The molecule has 16 heavy (non-hydrogen) atoms. The second kappa shape index (κ2) is 6.98. The highest BCUT2D eigenvalue weighted by molar-refractivity contribution is 5.98. The van der Waals surface area contributed by atoms with E-state index in [9.17, 15) is 14.4 Å². The van der Waals surface area contributed by atoms with Gasteiger partial charge in [0.25, 0.3) is 0 Å². The summed E-state index contributed by atoms with van der Waals surface area (Å²) in [4.78, 5) is 33.9. The second-order valence-corrected chi connectivity index (χ2v) is 3.58. The van der Waals surface area contributed by atoms with Crippen molar-refractivity contribution in [2.75, 3.05) is 13.7 Å². The van der Waals surface area contributed by atoms with Crippen LogP contribution in [-0.2, 0) is 23.9 Å². The third-order valence-electron chi connectivity index (χ3n) is 2.25. The summed E-state index contributed by atoms with van der Waals surface area (Å²) in [5, 5.41) is 0. The van der Waals surface area contributed by atoms with Crippen LogP contribution in [0.25, 0.3) is 0 Å². The third kappa shape index (κ3) is 4.42. The van der Waals surface area contributed by atoms with Crippen molar-refractivity contribution in [1.82, 2.24) is 0 Å². The fourth-order valence-corrected chi connectivity index (χ4v) is 1.32. The van der Waals surface area contributed by atoms with E-state index in [0.29, 0.717) is 0 Å². The van der Waals surface area contributed by atoms with E-state index in [2.05, 4.69) is 4.74 Å². The van der Waals surface area contributed by atoms with Crippen LogP contribution in [0.15, 0.2) is 0 Å². The van der Waals surface area contributed by atoms with Gasteiger partial charge in [-0.25, -0.2) is 0 Å². The molecule has 0 bridgehead atoms. The maximum absolute atomic E-state index is 11.4. The first kappa shape index (κ1) is 14.6. The minimum atomic E-state index is -0.881. The molecule has 2 unspecified atom stereocenters. The van der Waals surface area contributed by atoms with Gasteiger partial charge in [-0.1, -0.05) is 6.92 Å². The van der Waals surface area contributed by atoms with E-state index < -0.39 is 23.8 Å². The lowest BCUT2D eigenvalue weighted by Crippen LogP contribution is -2.28. The second-order valence-electron chi connectivity index (χ2n) is 3.58. The van der Waals surface area contributed by atoms with Gasteiger partial charge in [0.1, 0.15) is 11.7 Å². The summed E-state index contributed by atoms with van der Waals surface area (Å²) in [6, 6.07) is 0. The minimum Gasteiger partial charge on any atom is -0.469 e. The first-order chi connectivity index (χ1) is 7.43. The van der Waals surface area contributed by atoms with Gasteiger partial charge in [-0.3, -0.25) is 14.4 Å². The number of carbonyl (C=O) groups is 3. The molecule has 0 amide bonds. The SMILES string of the molecule is CCOC(=O)C(CC(C)C(=O)OC)C(C)=O. The Morgan fingerprint density at radius 3 is 2.12 bits per heavy atom. The largest absolute Gasteiger partial charge is 0.469 e. The lowest BCUT2D eigenvalue weighted by atomic mass is 9.93. The molecule has 0 saturated heterocycles. The van der Waals surface area contributed by atoms with Crippen LogP contribution in [0, 0.1) is 11.8 Å². The molecule has 0 aliphatic carbocycles. The molecular weight excluding hydrogens is 212 g/mol. The van der Waals surface area contributed by atoms with Crippen molar-refractivity contribution in [3.8, 4) is 0 Å². The predicted octanol–water partition coefficient (Wildman–Crippen LogP) is 0.954. The molecule has 92 valence electrons. The number of methoxy groups -OCH3 is 1. The van der Waals surface area contributed by atoms with Crippen LogP contribution in [0.1, 0.15) is 27.2 Å². The van der Waals surface area contributed by atoms with Gasteiger partial charge in [-0.05, 0) is 20.3 Å². The lowest BCUT2D eigenvalue weighted by molar-refractivity contribution is -0.153. The molecular formula is C11H18O5. The minimum absolute atomic E-state index is 0.126. The summed E-state index contributed by atoms with van der Waals surface area (Å²) in [6.45, 7) is 4.81. The molecule has 0 rings (SSSR count). The molecule has 5 nitrogen and oxygen atoms in total. The van der Waals surface area contributed by atoms with Gasteiger partial charge >= 0.3 is 11.9 Å². The summed E-state index contributed by atoms with van der Waals surface area (Å²) in [5.41, 5.74) is 0. The van der Waals surface area contributed by atoms with Crippen molar-refractivity contribution in [3.05, 3.63) is 0 Å². The summed E-state index contributed by atoms with van der Waals surface area (Å²) in [7, 11) is 1.27. The first-order valence-electron chi connectivity index (χ1n) is 5.18. The molecule has 0 aromatic carbocycles. The van der Waals surface area contributed by atoms with Crippen molar-refractivity contribution in [2.24, 2.45) is 11.8 Å². The van der Waals surface area contributed by atoms with Crippen molar-refractivity contribution in [3.63, 3.8) is 0 Å². The van der Waals surface area contributed by atoms with Crippen molar-refractivity contribution in [1.29, 1.82) is 0 Å². The average molecular weight is 230 g/mol. The quantitative estimate of drug-likeness (QED) is 0.502. The molecule has 0 radical (unpaired) electrons. The van der Waals surface area contributed by atoms with Crippen molar-refractivity contribution < 1.29 is 23.9 Å². The standard InChI is InChI=1S/C11H18O5/c1-5-16-11(14)9(8(3)12)6-7(2)10(13)15-4/h7,9H,5-6H2,1-4H3. The normalized spacial score (nSPS) is 13.8. The van der Waals surface area contributed by atoms with Crippen LogP contribution < -0.4 is 0 Å². The highest BCUT2D eigenvalue weighted by atomic mass is 16.5. The van der Waals surface area contributed by atoms with Gasteiger partial charge in [-0.15, -0.1) is 0 Å². The van der Waals surface area contributed by atoms with Gasteiger partial charge < -0.3 is 9.47 Å². The van der Waals surface area contributed by atoms with Crippen molar-refractivity contribution >= 4 is 17.7 Å². The molecule has 0 N–H and O–H groups in total. The number of rotatable bonds is 6. The van der Waals surface area contributed by atoms with Gasteiger partial charge in [0.05, 0.1) is 19.6 Å². The number of Topliss-reactive ketones (excluding diaryl/α,β-unsaturated/α-hetero) is 1. The highest BCUT2D eigenvalue weighted by Gasteiger charge is 2.29. The molecule has 0 fully saturated rings. The highest BCUT2D eigenvalue weighted by Crippen LogP contribution is 2.16. The zero-order valence-electron chi connectivity index (χ0n) is 10.1. The fraction of sp³-hybridized carbons (Fsp3) is 0.727. The Morgan fingerprint density at radius 2 is 1.75 bits per heavy atom. The zero-order valence-corrected chi connectivity index (χ0v) is 10.1. The Kier molecular flexibility index (Phi) is 6.37. The molecule has 0 spiro atoms. The summed E-state index contributed by atoms with van der Waals surface area (Å²) in [5.74, 6) is -2.69. The van der Waals surface area contributed by atoms with Crippen LogP contribution in [0.3, 0.4) is 0 Å². The molecule has 0 aromatic heterocycles. The topological polar surface area (TPSA) is 69.7 Å². The van der Waals surface area contributed by atoms with E-state index in [4.69, 9.17) is 4.74 Å². The van der Waals surface area contributed by atoms with E-state index in [1.54, 1.807) is 13.8 Å². The number of carbonyl (C=O) groups excluding carboxylic acids is 3. The summed E-state index contributed by atoms with van der Waals surface area (Å²) in [6.07, 6.45) is 0.126. The lowest BCUT2D eigenvalue weighted by Gasteiger charge is -2.15. The van der Waals surface area contributed by atoms with E-state index in [1.165, 1.54) is 14.0 Å². The monoisotopic (exact) mass is 230 g/mol. The van der Waals surface area contributed by atoms with Gasteiger partial charge in [0.15, 0.2) is 0 Å². The summed E-state index contributed by atoms with van der Waals surface area (Å²) >= 11 is 0. The van der Waals surface area contributed by atoms with Crippen molar-refractivity contribution in [2.45, 2.75) is 27.2 Å². The van der Waals surface area contributed by atoms with Gasteiger partial charge in [0.2, 0.25) is 0 Å². The number of hydrogen-bond acceptors (Lipinski definition) is 5. The number of ketones is 1. The predicted molar refractivity (Wildman–Crippen MR) is 56.6 cm³/mol. The molecule has 5 heteroatoms. The number of esters is 2. The first-order valence-corrected chi connectivity index (χ1v) is 5.18. The van der Waals surface area contributed by atoms with Crippen LogP contribution in [0.2, 0.25) is 0 Å². The Balaban J connectivity index is 4.51. The Bertz CT molecular complexity index is 272.